The Morgan fingerprint density at radius 1 is 1.15 bits per heavy atom. The van der Waals surface area contributed by atoms with Crippen molar-refractivity contribution in [2.45, 2.75) is 6.04 Å². The lowest BCUT2D eigenvalue weighted by Crippen LogP contribution is -2.44. The van der Waals surface area contributed by atoms with Gasteiger partial charge in [0.25, 0.3) is 11.8 Å². The molecule has 8 heteroatoms. The van der Waals surface area contributed by atoms with E-state index in [4.69, 9.17) is 14.0 Å². The maximum absolute atomic E-state index is 13.0. The van der Waals surface area contributed by atoms with Crippen molar-refractivity contribution >= 4 is 5.91 Å². The zero-order chi connectivity index (χ0) is 18.6. The monoisotopic (exact) mass is 366 g/mol. The molecular formula is C19H18N4O4. The van der Waals surface area contributed by atoms with Crippen LogP contribution in [0.25, 0.3) is 11.5 Å². The summed E-state index contributed by atoms with van der Waals surface area (Å²) >= 11 is 0. The summed E-state index contributed by atoms with van der Waals surface area (Å²) in [6, 6.07) is 14.1. The molecule has 1 aliphatic heterocycles. The van der Waals surface area contributed by atoms with Crippen LogP contribution in [0, 0.1) is 0 Å². The van der Waals surface area contributed by atoms with Gasteiger partial charge in [-0.1, -0.05) is 29.4 Å². The van der Waals surface area contributed by atoms with E-state index in [9.17, 15) is 4.79 Å². The van der Waals surface area contributed by atoms with Gasteiger partial charge in [-0.05, 0) is 18.2 Å². The number of aromatic nitrogens is 3. The quantitative estimate of drug-likeness (QED) is 0.700. The summed E-state index contributed by atoms with van der Waals surface area (Å²) in [4.78, 5) is 23.3. The van der Waals surface area contributed by atoms with Gasteiger partial charge in [-0.2, -0.15) is 4.98 Å². The topological polar surface area (TPSA) is 90.6 Å². The average molecular weight is 366 g/mol. The van der Waals surface area contributed by atoms with Crippen molar-refractivity contribution in [1.82, 2.24) is 20.0 Å². The van der Waals surface area contributed by atoms with Crippen LogP contribution < -0.4 is 4.74 Å². The molecule has 1 atom stereocenters. The Morgan fingerprint density at radius 3 is 2.81 bits per heavy atom. The minimum absolute atomic E-state index is 0.228. The minimum Gasteiger partial charge on any atom is -0.481 e. The average Bonchev–Trinajstić information content (AvgIpc) is 3.24. The predicted octanol–water partition coefficient (Wildman–Crippen LogP) is 2.35. The normalized spacial score (nSPS) is 16.9. The minimum atomic E-state index is -0.444. The van der Waals surface area contributed by atoms with Gasteiger partial charge in [0.1, 0.15) is 11.7 Å². The summed E-state index contributed by atoms with van der Waals surface area (Å²) < 4.78 is 16.0. The van der Waals surface area contributed by atoms with Gasteiger partial charge < -0.3 is 18.9 Å². The van der Waals surface area contributed by atoms with Crippen molar-refractivity contribution in [1.29, 1.82) is 0 Å². The molecule has 0 saturated carbocycles. The number of methoxy groups -OCH3 is 1. The maximum atomic E-state index is 13.0. The summed E-state index contributed by atoms with van der Waals surface area (Å²) in [6.07, 6.45) is 0. The summed E-state index contributed by atoms with van der Waals surface area (Å²) in [5.41, 5.74) is 1.12. The van der Waals surface area contributed by atoms with Crippen LogP contribution >= 0.6 is 0 Å². The van der Waals surface area contributed by atoms with Crippen LogP contribution in [0.2, 0.25) is 0 Å². The van der Waals surface area contributed by atoms with Gasteiger partial charge in [-0.15, -0.1) is 0 Å². The van der Waals surface area contributed by atoms with Crippen LogP contribution in [0.15, 0.2) is 53.1 Å². The molecule has 0 aliphatic carbocycles. The summed E-state index contributed by atoms with van der Waals surface area (Å²) in [5.74, 6) is 0.970. The van der Waals surface area contributed by atoms with Gasteiger partial charge in [0.05, 0.1) is 20.3 Å². The van der Waals surface area contributed by atoms with Gasteiger partial charge >= 0.3 is 0 Å². The van der Waals surface area contributed by atoms with E-state index in [-0.39, 0.29) is 5.91 Å². The van der Waals surface area contributed by atoms with E-state index in [1.165, 1.54) is 7.11 Å². The van der Waals surface area contributed by atoms with Crippen molar-refractivity contribution in [3.05, 3.63) is 60.0 Å². The van der Waals surface area contributed by atoms with Crippen molar-refractivity contribution < 1.29 is 18.8 Å². The van der Waals surface area contributed by atoms with Gasteiger partial charge in [-0.3, -0.25) is 4.79 Å². The Balaban J connectivity index is 1.61. The van der Waals surface area contributed by atoms with Gasteiger partial charge in [0.2, 0.25) is 5.88 Å². The van der Waals surface area contributed by atoms with Crippen LogP contribution in [-0.2, 0) is 4.74 Å². The molecule has 0 spiro atoms. The van der Waals surface area contributed by atoms with E-state index in [0.717, 1.165) is 5.56 Å². The van der Waals surface area contributed by atoms with Crippen LogP contribution in [0.4, 0.5) is 0 Å². The molecule has 1 fully saturated rings. The van der Waals surface area contributed by atoms with Crippen molar-refractivity contribution in [3.63, 3.8) is 0 Å². The molecule has 1 aromatic carbocycles. The molecule has 1 saturated heterocycles. The molecule has 0 N–H and O–H groups in total. The molecule has 3 aromatic rings. The summed E-state index contributed by atoms with van der Waals surface area (Å²) in [6.45, 7) is 1.15. The number of pyridine rings is 1. The number of nitrogens with zero attached hydrogens (tertiary/aromatic N) is 4. The van der Waals surface area contributed by atoms with Crippen LogP contribution in [0.3, 0.4) is 0 Å². The predicted molar refractivity (Wildman–Crippen MR) is 95.1 cm³/mol. The Morgan fingerprint density at radius 2 is 2.00 bits per heavy atom. The first kappa shape index (κ1) is 17.2. The smallest absolute Gasteiger partial charge is 0.273 e. The molecule has 8 nitrogen and oxygen atoms in total. The fourth-order valence-corrected chi connectivity index (χ4v) is 2.92. The van der Waals surface area contributed by atoms with Crippen LogP contribution in [0.1, 0.15) is 22.4 Å². The number of hydrogen-bond donors (Lipinski definition) is 0. The fraction of sp³-hybridized carbons (Fsp3) is 0.263. The molecule has 0 bridgehead atoms. The summed E-state index contributed by atoms with van der Waals surface area (Å²) in [7, 11) is 1.51. The Kier molecular flexibility index (Phi) is 4.80. The maximum Gasteiger partial charge on any atom is 0.273 e. The highest BCUT2D eigenvalue weighted by atomic mass is 16.5. The first-order valence-electron chi connectivity index (χ1n) is 8.55. The number of amides is 1. The second-order valence-corrected chi connectivity index (χ2v) is 5.98. The first-order valence-corrected chi connectivity index (χ1v) is 8.55. The van der Waals surface area contributed by atoms with Crippen molar-refractivity contribution in [2.75, 3.05) is 26.9 Å². The molecule has 138 valence electrons. The van der Waals surface area contributed by atoms with Crippen molar-refractivity contribution in [2.24, 2.45) is 0 Å². The third-order valence-corrected chi connectivity index (χ3v) is 4.30. The lowest BCUT2D eigenvalue weighted by atomic mass is 10.2. The third kappa shape index (κ3) is 3.52. The number of ether oxygens (including phenoxy) is 2. The van der Waals surface area contributed by atoms with E-state index in [1.807, 2.05) is 30.3 Å². The highest BCUT2D eigenvalue weighted by Gasteiger charge is 2.33. The second kappa shape index (κ2) is 7.55. The van der Waals surface area contributed by atoms with Crippen molar-refractivity contribution in [3.8, 4) is 17.3 Å². The van der Waals surface area contributed by atoms with Gasteiger partial charge in [0.15, 0.2) is 5.82 Å². The van der Waals surface area contributed by atoms with E-state index in [0.29, 0.717) is 43.0 Å². The lowest BCUT2D eigenvalue weighted by Gasteiger charge is -2.33. The Bertz CT molecular complexity index is 928. The number of carbonyl (C=O) groups is 1. The van der Waals surface area contributed by atoms with E-state index >= 15 is 0 Å². The zero-order valence-corrected chi connectivity index (χ0v) is 14.7. The second-order valence-electron chi connectivity index (χ2n) is 5.98. The molecule has 1 amide bonds. The number of carbonyl (C=O) groups excluding carboxylic acids is 1. The largest absolute Gasteiger partial charge is 0.481 e. The summed E-state index contributed by atoms with van der Waals surface area (Å²) in [5, 5.41) is 4.07. The molecule has 3 heterocycles. The van der Waals surface area contributed by atoms with Gasteiger partial charge in [-0.25, -0.2) is 4.98 Å². The molecule has 4 rings (SSSR count). The molecule has 1 aliphatic rings. The van der Waals surface area contributed by atoms with E-state index in [2.05, 4.69) is 15.1 Å². The standard InChI is InChI=1S/C19H18N4O4/c1-25-16-9-5-8-14(20-16)19(24)23-10-11-26-12-15(23)17-21-18(27-22-17)13-6-3-2-4-7-13/h2-9,15H,10-12H2,1H3. The zero-order valence-electron chi connectivity index (χ0n) is 14.7. The first-order chi connectivity index (χ1) is 13.3. The van der Waals surface area contributed by atoms with Crippen LogP contribution in [0.5, 0.6) is 5.88 Å². The Labute approximate surface area is 155 Å². The highest BCUT2D eigenvalue weighted by Crippen LogP contribution is 2.26. The van der Waals surface area contributed by atoms with Gasteiger partial charge in [0, 0.05) is 18.2 Å². The lowest BCUT2D eigenvalue weighted by molar-refractivity contribution is -0.00610. The molecule has 0 radical (unpaired) electrons. The molecular weight excluding hydrogens is 348 g/mol. The molecule has 1 unspecified atom stereocenters. The SMILES string of the molecule is COc1cccc(C(=O)N2CCOCC2c2noc(-c3ccccc3)n2)n1. The number of hydrogen-bond acceptors (Lipinski definition) is 7. The molecule has 27 heavy (non-hydrogen) atoms. The number of benzene rings is 1. The third-order valence-electron chi connectivity index (χ3n) is 4.30. The van der Waals surface area contributed by atoms with E-state index < -0.39 is 6.04 Å². The fourth-order valence-electron chi connectivity index (χ4n) is 2.92. The Hall–Kier alpha value is -3.26. The number of rotatable bonds is 4. The van der Waals surface area contributed by atoms with Crippen LogP contribution in [-0.4, -0.2) is 52.8 Å². The van der Waals surface area contributed by atoms with E-state index in [1.54, 1.807) is 23.1 Å². The molecule has 2 aromatic heterocycles. The number of morpholine rings is 1. The highest BCUT2D eigenvalue weighted by molar-refractivity contribution is 5.92.